The Morgan fingerprint density at radius 1 is 0.957 bits per heavy atom. The van der Waals surface area contributed by atoms with E-state index in [2.05, 4.69) is 15.6 Å². The molecular weight excluding hydrogens is 294 g/mol. The second kappa shape index (κ2) is 7.84. The summed E-state index contributed by atoms with van der Waals surface area (Å²) >= 11 is 0. The summed E-state index contributed by atoms with van der Waals surface area (Å²) in [4.78, 5) is 38.6. The number of aromatic nitrogens is 1. The molecule has 1 heterocycles. The number of hydrogen-bond donors (Lipinski definition) is 2. The lowest BCUT2D eigenvalue weighted by molar-refractivity contribution is -0.126. The first-order valence-electron chi connectivity index (χ1n) is 7.11. The van der Waals surface area contributed by atoms with Crippen LogP contribution in [0.5, 0.6) is 0 Å². The largest absolute Gasteiger partial charge is 0.352 e. The van der Waals surface area contributed by atoms with Gasteiger partial charge < -0.3 is 10.6 Å². The number of carbonyl (C=O) groups excluding carboxylic acids is 3. The molecule has 0 fully saturated rings. The molecule has 23 heavy (non-hydrogen) atoms. The van der Waals surface area contributed by atoms with Crippen molar-refractivity contribution in [2.75, 3.05) is 5.32 Å². The van der Waals surface area contributed by atoms with E-state index in [0.717, 1.165) is 5.56 Å². The van der Waals surface area contributed by atoms with Gasteiger partial charge in [-0.05, 0) is 48.9 Å². The van der Waals surface area contributed by atoms with Crippen molar-refractivity contribution in [3.63, 3.8) is 0 Å². The van der Waals surface area contributed by atoms with Gasteiger partial charge in [0, 0.05) is 30.2 Å². The fraction of sp³-hybridized carbons (Fsp3) is 0.176. The van der Waals surface area contributed by atoms with Crippen LogP contribution in [0.1, 0.15) is 29.3 Å². The zero-order chi connectivity index (χ0) is 16.7. The Hall–Kier alpha value is -3.02. The lowest BCUT2D eigenvalue weighted by Gasteiger charge is -2.07. The molecule has 0 saturated carbocycles. The number of nitrogens with one attached hydrogen (secondary N) is 2. The number of amides is 2. The minimum Gasteiger partial charge on any atom is -0.352 e. The van der Waals surface area contributed by atoms with Gasteiger partial charge in [-0.2, -0.15) is 0 Å². The van der Waals surface area contributed by atoms with Gasteiger partial charge in [-0.3, -0.25) is 19.4 Å². The summed E-state index contributed by atoms with van der Waals surface area (Å²) in [6.45, 7) is 1.82. The number of ketones is 1. The topological polar surface area (TPSA) is 88.2 Å². The molecule has 6 nitrogen and oxygen atoms in total. The Kier molecular flexibility index (Phi) is 5.57. The van der Waals surface area contributed by atoms with Crippen molar-refractivity contribution in [1.82, 2.24) is 10.3 Å². The lowest BCUT2D eigenvalue weighted by atomic mass is 10.1. The molecular formula is C17H17N3O3. The van der Waals surface area contributed by atoms with Gasteiger partial charge in [-0.15, -0.1) is 0 Å². The van der Waals surface area contributed by atoms with Gasteiger partial charge >= 0.3 is 0 Å². The van der Waals surface area contributed by atoms with E-state index in [4.69, 9.17) is 0 Å². The van der Waals surface area contributed by atoms with Crippen LogP contribution < -0.4 is 10.6 Å². The van der Waals surface area contributed by atoms with Crippen molar-refractivity contribution < 1.29 is 14.4 Å². The molecule has 118 valence electrons. The highest BCUT2D eigenvalue weighted by atomic mass is 16.2. The van der Waals surface area contributed by atoms with Gasteiger partial charge in [0.1, 0.15) is 6.42 Å². The lowest BCUT2D eigenvalue weighted by Crippen LogP contribution is -2.27. The number of pyridine rings is 1. The maximum atomic E-state index is 11.8. The predicted molar refractivity (Wildman–Crippen MR) is 85.8 cm³/mol. The molecule has 1 aromatic heterocycles. The third kappa shape index (κ3) is 5.35. The first-order valence-corrected chi connectivity index (χ1v) is 7.11. The fourth-order valence-corrected chi connectivity index (χ4v) is 1.90. The van der Waals surface area contributed by atoms with Gasteiger partial charge in [-0.25, -0.2) is 0 Å². The van der Waals surface area contributed by atoms with Crippen LogP contribution in [0.3, 0.4) is 0 Å². The van der Waals surface area contributed by atoms with Gasteiger partial charge in [-0.1, -0.05) is 0 Å². The Morgan fingerprint density at radius 2 is 1.61 bits per heavy atom. The molecule has 0 radical (unpaired) electrons. The average Bonchev–Trinajstić information content (AvgIpc) is 2.54. The minimum absolute atomic E-state index is 0.0432. The first-order chi connectivity index (χ1) is 11.0. The predicted octanol–water partition coefficient (Wildman–Crippen LogP) is 1.93. The van der Waals surface area contributed by atoms with Crippen LogP contribution in [-0.2, 0) is 16.1 Å². The highest BCUT2D eigenvalue weighted by molar-refractivity contribution is 6.03. The Morgan fingerprint density at radius 3 is 2.22 bits per heavy atom. The molecule has 2 N–H and O–H groups in total. The van der Waals surface area contributed by atoms with Crippen LogP contribution in [0.4, 0.5) is 5.69 Å². The van der Waals surface area contributed by atoms with E-state index in [0.29, 0.717) is 17.8 Å². The molecule has 0 unspecified atom stereocenters. The highest BCUT2D eigenvalue weighted by Gasteiger charge is 2.09. The van der Waals surface area contributed by atoms with Crippen molar-refractivity contribution in [3.05, 3.63) is 59.9 Å². The Bertz CT molecular complexity index is 697. The Balaban J connectivity index is 1.79. The minimum atomic E-state index is -0.409. The molecule has 2 rings (SSSR count). The Labute approximate surface area is 133 Å². The summed E-state index contributed by atoms with van der Waals surface area (Å²) in [5.74, 6) is -0.814. The second-order valence-corrected chi connectivity index (χ2v) is 4.99. The standard InChI is InChI=1S/C17H17N3O3/c1-12(21)14-2-4-15(5-3-14)20-17(23)10-16(22)19-11-13-6-8-18-9-7-13/h2-9H,10-11H2,1H3,(H,19,22)(H,20,23). The van der Waals surface area contributed by atoms with Crippen LogP contribution in [0.2, 0.25) is 0 Å². The van der Waals surface area contributed by atoms with E-state index >= 15 is 0 Å². The van der Waals surface area contributed by atoms with E-state index in [1.54, 1.807) is 48.8 Å². The summed E-state index contributed by atoms with van der Waals surface area (Å²) in [6, 6.07) is 10.1. The molecule has 2 aromatic rings. The molecule has 0 atom stereocenters. The highest BCUT2D eigenvalue weighted by Crippen LogP contribution is 2.10. The maximum absolute atomic E-state index is 11.8. The van der Waals surface area contributed by atoms with Crippen LogP contribution in [0.25, 0.3) is 0 Å². The monoisotopic (exact) mass is 311 g/mol. The van der Waals surface area contributed by atoms with Crippen LogP contribution >= 0.6 is 0 Å². The summed E-state index contributed by atoms with van der Waals surface area (Å²) in [5.41, 5.74) is 2.02. The van der Waals surface area contributed by atoms with Gasteiger partial charge in [0.2, 0.25) is 11.8 Å². The van der Waals surface area contributed by atoms with Gasteiger partial charge in [0.25, 0.3) is 0 Å². The third-order valence-corrected chi connectivity index (χ3v) is 3.14. The fourth-order valence-electron chi connectivity index (χ4n) is 1.90. The molecule has 0 aliphatic carbocycles. The van der Waals surface area contributed by atoms with Crippen LogP contribution in [-0.4, -0.2) is 22.6 Å². The van der Waals surface area contributed by atoms with Crippen molar-refractivity contribution in [2.24, 2.45) is 0 Å². The summed E-state index contributed by atoms with van der Waals surface area (Å²) < 4.78 is 0. The number of rotatable bonds is 6. The van der Waals surface area contributed by atoms with Crippen molar-refractivity contribution >= 4 is 23.3 Å². The average molecular weight is 311 g/mol. The number of Topliss-reactive ketones (excluding diaryl/α,β-unsaturated/α-hetero) is 1. The molecule has 2 amide bonds. The molecule has 1 aromatic carbocycles. The second-order valence-electron chi connectivity index (χ2n) is 4.99. The quantitative estimate of drug-likeness (QED) is 0.630. The van der Waals surface area contributed by atoms with Crippen molar-refractivity contribution in [3.8, 4) is 0 Å². The first kappa shape index (κ1) is 16.4. The molecule has 0 spiro atoms. The summed E-state index contributed by atoms with van der Waals surface area (Å²) in [6.07, 6.45) is 3.01. The van der Waals surface area contributed by atoms with Crippen LogP contribution in [0, 0.1) is 0 Å². The number of hydrogen-bond acceptors (Lipinski definition) is 4. The zero-order valence-electron chi connectivity index (χ0n) is 12.7. The normalized spacial score (nSPS) is 9.96. The third-order valence-electron chi connectivity index (χ3n) is 3.14. The van der Waals surface area contributed by atoms with E-state index in [9.17, 15) is 14.4 Å². The maximum Gasteiger partial charge on any atom is 0.233 e. The molecule has 0 saturated heterocycles. The van der Waals surface area contributed by atoms with Crippen molar-refractivity contribution in [2.45, 2.75) is 19.9 Å². The summed E-state index contributed by atoms with van der Waals surface area (Å²) in [5, 5.41) is 5.28. The van der Waals surface area contributed by atoms with E-state index in [-0.39, 0.29) is 18.1 Å². The van der Waals surface area contributed by atoms with E-state index < -0.39 is 5.91 Å². The van der Waals surface area contributed by atoms with Gasteiger partial charge in [0.15, 0.2) is 5.78 Å². The smallest absolute Gasteiger partial charge is 0.233 e. The van der Waals surface area contributed by atoms with Crippen molar-refractivity contribution in [1.29, 1.82) is 0 Å². The number of nitrogens with zero attached hydrogens (tertiary/aromatic N) is 1. The van der Waals surface area contributed by atoms with E-state index in [1.165, 1.54) is 6.92 Å². The zero-order valence-corrected chi connectivity index (χ0v) is 12.7. The molecule has 0 bridgehead atoms. The van der Waals surface area contributed by atoms with Gasteiger partial charge in [0.05, 0.1) is 0 Å². The number of benzene rings is 1. The number of carbonyl (C=O) groups is 3. The number of anilines is 1. The van der Waals surface area contributed by atoms with E-state index in [1.807, 2.05) is 0 Å². The summed E-state index contributed by atoms with van der Waals surface area (Å²) in [7, 11) is 0. The van der Waals surface area contributed by atoms with Crippen LogP contribution in [0.15, 0.2) is 48.8 Å². The molecule has 0 aliphatic heterocycles. The SMILES string of the molecule is CC(=O)c1ccc(NC(=O)CC(=O)NCc2ccncc2)cc1. The molecule has 0 aliphatic rings. The molecule has 6 heteroatoms.